The van der Waals surface area contributed by atoms with Crippen molar-refractivity contribution in [1.29, 1.82) is 0 Å². The number of nitrogens with zero attached hydrogens (tertiary/aromatic N) is 3. The van der Waals surface area contributed by atoms with Gasteiger partial charge in [0.25, 0.3) is 0 Å². The van der Waals surface area contributed by atoms with Crippen LogP contribution >= 0.6 is 11.6 Å². The van der Waals surface area contributed by atoms with Crippen LogP contribution in [-0.2, 0) is 0 Å². The van der Waals surface area contributed by atoms with E-state index >= 15 is 0 Å². The summed E-state index contributed by atoms with van der Waals surface area (Å²) in [7, 11) is 0. The topological polar surface area (TPSA) is 66.5 Å². The van der Waals surface area contributed by atoms with Gasteiger partial charge in [0.05, 0.1) is 6.33 Å². The Kier molecular flexibility index (Phi) is 3.56. The molecular formula is C10H14ClN5. The van der Waals surface area contributed by atoms with Crippen molar-refractivity contribution < 1.29 is 0 Å². The number of fused-ring (bicyclic) bond motifs is 1. The highest BCUT2D eigenvalue weighted by atomic mass is 35.5. The number of anilines is 1. The molecular weight excluding hydrogens is 226 g/mol. The molecule has 0 bridgehead atoms. The first-order valence-corrected chi connectivity index (χ1v) is 5.79. The summed E-state index contributed by atoms with van der Waals surface area (Å²) in [6.45, 7) is 3.06. The van der Waals surface area contributed by atoms with Crippen molar-refractivity contribution in [3.8, 4) is 0 Å². The summed E-state index contributed by atoms with van der Waals surface area (Å²) in [5.74, 6) is 0.726. The van der Waals surface area contributed by atoms with Gasteiger partial charge in [-0.25, -0.2) is 4.98 Å². The van der Waals surface area contributed by atoms with Crippen LogP contribution in [0.1, 0.15) is 26.2 Å². The van der Waals surface area contributed by atoms with Crippen LogP contribution in [0.4, 0.5) is 5.82 Å². The molecule has 0 atom stereocenters. The molecule has 86 valence electrons. The van der Waals surface area contributed by atoms with E-state index in [1.165, 1.54) is 12.8 Å². The van der Waals surface area contributed by atoms with Crippen LogP contribution in [0, 0.1) is 0 Å². The molecule has 0 amide bonds. The normalized spacial score (nSPS) is 10.9. The summed E-state index contributed by atoms with van der Waals surface area (Å²) in [5, 5.41) is 3.46. The highest BCUT2D eigenvalue weighted by Crippen LogP contribution is 2.18. The Morgan fingerprint density at radius 2 is 2.25 bits per heavy atom. The average Bonchev–Trinajstić information content (AvgIpc) is 2.72. The molecule has 5 nitrogen and oxygen atoms in total. The van der Waals surface area contributed by atoms with Gasteiger partial charge in [0.1, 0.15) is 5.52 Å². The van der Waals surface area contributed by atoms with Gasteiger partial charge in [-0.1, -0.05) is 19.8 Å². The Balaban J connectivity index is 2.12. The zero-order chi connectivity index (χ0) is 11.4. The molecule has 0 saturated heterocycles. The molecule has 6 heteroatoms. The second-order valence-corrected chi connectivity index (χ2v) is 3.91. The van der Waals surface area contributed by atoms with Gasteiger partial charge in [0.15, 0.2) is 11.5 Å². The van der Waals surface area contributed by atoms with Crippen LogP contribution in [0.2, 0.25) is 5.28 Å². The van der Waals surface area contributed by atoms with E-state index in [0.717, 1.165) is 24.3 Å². The van der Waals surface area contributed by atoms with Crippen LogP contribution in [0.3, 0.4) is 0 Å². The number of halogens is 1. The molecule has 2 aromatic heterocycles. The van der Waals surface area contributed by atoms with Crippen LogP contribution in [-0.4, -0.2) is 26.5 Å². The first-order chi connectivity index (χ1) is 7.81. The highest BCUT2D eigenvalue weighted by Gasteiger charge is 2.07. The summed E-state index contributed by atoms with van der Waals surface area (Å²) < 4.78 is 0. The molecule has 0 aliphatic heterocycles. The number of aromatic amines is 1. The Morgan fingerprint density at radius 1 is 1.38 bits per heavy atom. The van der Waals surface area contributed by atoms with E-state index < -0.39 is 0 Å². The van der Waals surface area contributed by atoms with Gasteiger partial charge in [-0.3, -0.25) is 0 Å². The van der Waals surface area contributed by atoms with Crippen molar-refractivity contribution in [2.24, 2.45) is 0 Å². The summed E-state index contributed by atoms with van der Waals surface area (Å²) in [6, 6.07) is 0. The third-order valence-corrected chi connectivity index (χ3v) is 2.50. The average molecular weight is 240 g/mol. The van der Waals surface area contributed by atoms with Gasteiger partial charge < -0.3 is 10.3 Å². The van der Waals surface area contributed by atoms with Crippen LogP contribution in [0.5, 0.6) is 0 Å². The van der Waals surface area contributed by atoms with Crippen molar-refractivity contribution in [3.05, 3.63) is 11.6 Å². The van der Waals surface area contributed by atoms with Gasteiger partial charge in [0.2, 0.25) is 5.28 Å². The molecule has 2 aromatic rings. The first-order valence-electron chi connectivity index (χ1n) is 5.41. The zero-order valence-electron chi connectivity index (χ0n) is 9.13. The Labute approximate surface area is 98.7 Å². The molecule has 0 aliphatic carbocycles. The largest absolute Gasteiger partial charge is 0.368 e. The quantitative estimate of drug-likeness (QED) is 0.622. The van der Waals surface area contributed by atoms with E-state index in [1.54, 1.807) is 6.33 Å². The van der Waals surface area contributed by atoms with E-state index in [4.69, 9.17) is 11.6 Å². The van der Waals surface area contributed by atoms with E-state index in [1.807, 2.05) is 0 Å². The van der Waals surface area contributed by atoms with Crippen LogP contribution < -0.4 is 5.32 Å². The number of hydrogen-bond donors (Lipinski definition) is 2. The van der Waals surface area contributed by atoms with Gasteiger partial charge in [0, 0.05) is 6.54 Å². The van der Waals surface area contributed by atoms with Gasteiger partial charge >= 0.3 is 0 Å². The van der Waals surface area contributed by atoms with E-state index in [9.17, 15) is 0 Å². The Hall–Kier alpha value is -1.36. The smallest absolute Gasteiger partial charge is 0.226 e. The number of imidazole rings is 1. The Bertz CT molecular complexity index is 467. The molecule has 0 saturated carbocycles. The Morgan fingerprint density at radius 3 is 3.06 bits per heavy atom. The van der Waals surface area contributed by atoms with Gasteiger partial charge in [-0.2, -0.15) is 9.97 Å². The van der Waals surface area contributed by atoms with Crippen molar-refractivity contribution in [3.63, 3.8) is 0 Å². The fourth-order valence-electron chi connectivity index (χ4n) is 1.52. The number of nitrogens with one attached hydrogen (secondary N) is 2. The molecule has 2 N–H and O–H groups in total. The SMILES string of the molecule is CCCCCNc1nc(Cl)nc2nc[nH]c12. The van der Waals surface area contributed by atoms with E-state index in [0.29, 0.717) is 5.65 Å². The van der Waals surface area contributed by atoms with Crippen molar-refractivity contribution in [1.82, 2.24) is 19.9 Å². The fraction of sp³-hybridized carbons (Fsp3) is 0.500. The minimum atomic E-state index is 0.220. The number of H-pyrrole nitrogens is 1. The lowest BCUT2D eigenvalue weighted by Gasteiger charge is -2.05. The van der Waals surface area contributed by atoms with Crippen LogP contribution in [0.15, 0.2) is 6.33 Å². The lowest BCUT2D eigenvalue weighted by Crippen LogP contribution is -2.04. The third-order valence-electron chi connectivity index (χ3n) is 2.33. The minimum absolute atomic E-state index is 0.220. The maximum atomic E-state index is 5.80. The van der Waals surface area contributed by atoms with Crippen molar-refractivity contribution in [2.45, 2.75) is 26.2 Å². The number of aromatic nitrogens is 4. The van der Waals surface area contributed by atoms with E-state index in [-0.39, 0.29) is 5.28 Å². The fourth-order valence-corrected chi connectivity index (χ4v) is 1.68. The summed E-state index contributed by atoms with van der Waals surface area (Å²) in [4.78, 5) is 15.2. The third kappa shape index (κ3) is 2.41. The van der Waals surface area contributed by atoms with E-state index in [2.05, 4.69) is 32.2 Å². The monoisotopic (exact) mass is 239 g/mol. The molecule has 0 spiro atoms. The first kappa shape index (κ1) is 11.1. The summed E-state index contributed by atoms with van der Waals surface area (Å²) >= 11 is 5.80. The number of unbranched alkanes of at least 4 members (excludes halogenated alkanes) is 2. The standard InChI is InChI=1S/C10H14ClN5/c1-2-3-4-5-12-8-7-9(14-6-13-7)16-10(11)15-8/h6H,2-5H2,1H3,(H2,12,13,14,15,16). The lowest BCUT2D eigenvalue weighted by atomic mass is 10.2. The van der Waals surface area contributed by atoms with Crippen molar-refractivity contribution >= 4 is 28.6 Å². The molecule has 0 aliphatic rings. The van der Waals surface area contributed by atoms with Crippen LogP contribution in [0.25, 0.3) is 11.2 Å². The highest BCUT2D eigenvalue weighted by molar-refractivity contribution is 6.28. The van der Waals surface area contributed by atoms with Gasteiger partial charge in [-0.15, -0.1) is 0 Å². The maximum Gasteiger partial charge on any atom is 0.226 e. The lowest BCUT2D eigenvalue weighted by molar-refractivity contribution is 0.742. The zero-order valence-corrected chi connectivity index (χ0v) is 9.88. The number of hydrogen-bond acceptors (Lipinski definition) is 4. The van der Waals surface area contributed by atoms with Crippen molar-refractivity contribution in [2.75, 3.05) is 11.9 Å². The second-order valence-electron chi connectivity index (χ2n) is 3.58. The predicted octanol–water partition coefficient (Wildman–Crippen LogP) is 2.61. The molecule has 2 heterocycles. The van der Waals surface area contributed by atoms with Gasteiger partial charge in [-0.05, 0) is 18.0 Å². The molecule has 0 radical (unpaired) electrons. The minimum Gasteiger partial charge on any atom is -0.368 e. The predicted molar refractivity (Wildman–Crippen MR) is 64.7 cm³/mol. The number of rotatable bonds is 5. The molecule has 2 rings (SSSR count). The summed E-state index contributed by atoms with van der Waals surface area (Å²) in [6.07, 6.45) is 5.12. The molecule has 16 heavy (non-hydrogen) atoms. The molecule has 0 fully saturated rings. The molecule has 0 aromatic carbocycles. The second kappa shape index (κ2) is 5.12. The maximum absolute atomic E-state index is 5.80. The molecule has 0 unspecified atom stereocenters. The summed E-state index contributed by atoms with van der Waals surface area (Å²) in [5.41, 5.74) is 1.40.